The van der Waals surface area contributed by atoms with Gasteiger partial charge >= 0.3 is 11.6 Å². The lowest BCUT2D eigenvalue weighted by Gasteiger charge is -2.09. The first-order chi connectivity index (χ1) is 9.88. The number of esters is 1. The fourth-order valence-electron chi connectivity index (χ4n) is 1.85. The highest BCUT2D eigenvalue weighted by molar-refractivity contribution is 5.92. The van der Waals surface area contributed by atoms with Crippen molar-refractivity contribution in [2.24, 2.45) is 0 Å². The third-order valence-corrected chi connectivity index (χ3v) is 2.78. The summed E-state index contributed by atoms with van der Waals surface area (Å²) in [6, 6.07) is 1.50. The van der Waals surface area contributed by atoms with Crippen LogP contribution in [0.4, 0.5) is 5.69 Å². The van der Waals surface area contributed by atoms with E-state index in [1.165, 1.54) is 26.1 Å². The molecule has 0 aliphatic carbocycles. The highest BCUT2D eigenvalue weighted by atomic mass is 16.5. The van der Waals surface area contributed by atoms with E-state index in [1.54, 1.807) is 6.92 Å². The van der Waals surface area contributed by atoms with Crippen LogP contribution in [-0.2, 0) is 20.9 Å². The number of carbonyl (C=O) groups is 2. The highest BCUT2D eigenvalue weighted by Crippen LogP contribution is 2.22. The fourth-order valence-corrected chi connectivity index (χ4v) is 1.85. The van der Waals surface area contributed by atoms with Crippen molar-refractivity contribution in [3.05, 3.63) is 33.9 Å². The van der Waals surface area contributed by atoms with Gasteiger partial charge < -0.3 is 14.5 Å². The Kier molecular flexibility index (Phi) is 4.02. The maximum Gasteiger partial charge on any atom is 0.360 e. The van der Waals surface area contributed by atoms with E-state index in [2.05, 4.69) is 10.3 Å². The molecule has 1 amide bonds. The van der Waals surface area contributed by atoms with Gasteiger partial charge in [-0.3, -0.25) is 14.6 Å². The molecule has 0 fully saturated rings. The third kappa shape index (κ3) is 3.25. The summed E-state index contributed by atoms with van der Waals surface area (Å²) in [5.74, 6) is -0.808. The predicted molar refractivity (Wildman–Crippen MR) is 74.8 cm³/mol. The molecule has 110 valence electrons. The van der Waals surface area contributed by atoms with Gasteiger partial charge in [-0.1, -0.05) is 0 Å². The number of rotatable bonds is 3. The Bertz CT molecular complexity index is 779. The van der Waals surface area contributed by atoms with Crippen LogP contribution in [0.15, 0.2) is 21.5 Å². The van der Waals surface area contributed by atoms with Crippen molar-refractivity contribution >= 4 is 28.5 Å². The first-order valence-corrected chi connectivity index (χ1v) is 6.21. The minimum absolute atomic E-state index is 0.00630. The predicted octanol–water partition coefficient (Wildman–Crippen LogP) is 1.52. The Morgan fingerprint density at radius 2 is 2.10 bits per heavy atom. The molecule has 2 heterocycles. The summed E-state index contributed by atoms with van der Waals surface area (Å²) in [5.41, 5.74) is 0.792. The van der Waals surface area contributed by atoms with Crippen molar-refractivity contribution < 1.29 is 18.7 Å². The molecule has 2 aromatic rings. The molecule has 0 bridgehead atoms. The second-order valence-electron chi connectivity index (χ2n) is 4.52. The van der Waals surface area contributed by atoms with Crippen LogP contribution >= 0.6 is 0 Å². The number of anilines is 1. The van der Waals surface area contributed by atoms with Crippen molar-refractivity contribution in [1.82, 2.24) is 4.98 Å². The van der Waals surface area contributed by atoms with Gasteiger partial charge in [-0.15, -0.1) is 0 Å². The first kappa shape index (κ1) is 14.7. The molecule has 0 unspecified atom stereocenters. The molecule has 0 aliphatic heterocycles. The number of nitrogens with one attached hydrogen (secondary N) is 1. The number of aromatic nitrogens is 1. The number of amides is 1. The van der Waals surface area contributed by atoms with E-state index in [-0.39, 0.29) is 18.2 Å². The van der Waals surface area contributed by atoms with E-state index < -0.39 is 11.6 Å². The van der Waals surface area contributed by atoms with Crippen LogP contribution in [0.1, 0.15) is 25.1 Å². The van der Waals surface area contributed by atoms with Crippen LogP contribution in [-0.4, -0.2) is 16.9 Å². The normalized spacial score (nSPS) is 10.4. The monoisotopic (exact) mass is 290 g/mol. The number of nitrogens with zero attached hydrogens (tertiary/aromatic N) is 1. The number of hydrogen-bond acceptors (Lipinski definition) is 6. The Morgan fingerprint density at radius 1 is 1.38 bits per heavy atom. The second-order valence-corrected chi connectivity index (χ2v) is 4.52. The van der Waals surface area contributed by atoms with Gasteiger partial charge in [0, 0.05) is 31.0 Å². The van der Waals surface area contributed by atoms with Gasteiger partial charge in [-0.2, -0.15) is 0 Å². The fraction of sp³-hybridized carbons (Fsp3) is 0.286. The molecule has 7 nitrogen and oxygen atoms in total. The van der Waals surface area contributed by atoms with Crippen molar-refractivity contribution in [2.45, 2.75) is 27.4 Å². The highest BCUT2D eigenvalue weighted by Gasteiger charge is 2.13. The molecule has 0 aromatic carbocycles. The lowest BCUT2D eigenvalue weighted by molar-refractivity contribution is -0.142. The van der Waals surface area contributed by atoms with Gasteiger partial charge in [0.25, 0.3) is 0 Å². The Hall–Kier alpha value is -2.70. The van der Waals surface area contributed by atoms with Crippen LogP contribution in [0.2, 0.25) is 0 Å². The zero-order valence-corrected chi connectivity index (χ0v) is 11.9. The maximum atomic E-state index is 11.8. The van der Waals surface area contributed by atoms with E-state index in [0.29, 0.717) is 22.2 Å². The molecule has 0 atom stereocenters. The summed E-state index contributed by atoms with van der Waals surface area (Å²) < 4.78 is 10.1. The molecule has 0 saturated heterocycles. The van der Waals surface area contributed by atoms with Gasteiger partial charge in [-0.05, 0) is 13.0 Å². The third-order valence-electron chi connectivity index (χ3n) is 2.78. The number of pyridine rings is 1. The number of hydrogen-bond donors (Lipinski definition) is 1. The topological polar surface area (TPSA) is 98.5 Å². The maximum absolute atomic E-state index is 11.8. The lowest BCUT2D eigenvalue weighted by atomic mass is 10.1. The van der Waals surface area contributed by atoms with Gasteiger partial charge in [0.1, 0.15) is 12.3 Å². The quantitative estimate of drug-likeness (QED) is 0.860. The van der Waals surface area contributed by atoms with Crippen LogP contribution in [0.3, 0.4) is 0 Å². The molecule has 0 radical (unpaired) electrons. The van der Waals surface area contributed by atoms with Crippen LogP contribution in [0.25, 0.3) is 11.0 Å². The molecular weight excluding hydrogens is 276 g/mol. The zero-order valence-electron chi connectivity index (χ0n) is 11.9. The smallest absolute Gasteiger partial charge is 0.360 e. The van der Waals surface area contributed by atoms with E-state index in [1.807, 2.05) is 0 Å². The number of fused-ring (bicyclic) bond motifs is 1. The molecule has 1 N–H and O–H groups in total. The number of ether oxygens (including phenoxy) is 1. The van der Waals surface area contributed by atoms with Crippen molar-refractivity contribution in [3.8, 4) is 0 Å². The van der Waals surface area contributed by atoms with Crippen LogP contribution in [0.5, 0.6) is 0 Å². The van der Waals surface area contributed by atoms with Crippen LogP contribution < -0.4 is 10.9 Å². The minimum atomic E-state index is -0.660. The van der Waals surface area contributed by atoms with Crippen molar-refractivity contribution in [1.29, 1.82) is 0 Å². The summed E-state index contributed by atoms with van der Waals surface area (Å²) in [4.78, 5) is 37.9. The number of carbonyl (C=O) groups excluding carboxylic acids is 2. The lowest BCUT2D eigenvalue weighted by Crippen LogP contribution is -2.15. The summed E-state index contributed by atoms with van der Waals surface area (Å²) in [6.07, 6.45) is 1.54. The SMILES string of the molecule is CC(=O)Nc1cc2c(COC(C)=O)cnc(C)c2oc1=O. The summed E-state index contributed by atoms with van der Waals surface area (Å²) >= 11 is 0. The van der Waals surface area contributed by atoms with Gasteiger partial charge in [0.05, 0.1) is 5.69 Å². The first-order valence-electron chi connectivity index (χ1n) is 6.21. The Labute approximate surface area is 119 Å². The summed E-state index contributed by atoms with van der Waals surface area (Å²) in [7, 11) is 0. The molecule has 21 heavy (non-hydrogen) atoms. The Balaban J connectivity index is 2.59. The zero-order chi connectivity index (χ0) is 15.6. The second kappa shape index (κ2) is 5.74. The van der Waals surface area contributed by atoms with Gasteiger partial charge in [-0.25, -0.2) is 4.79 Å². The average Bonchev–Trinajstić information content (AvgIpc) is 2.39. The number of aryl methyl sites for hydroxylation is 1. The standard InChI is InChI=1S/C14H14N2O5/c1-7-13-11(10(5-15-7)6-20-9(3)18)4-12(14(19)21-13)16-8(2)17/h4-5H,6H2,1-3H3,(H,16,17). The molecule has 0 spiro atoms. The van der Waals surface area contributed by atoms with E-state index >= 15 is 0 Å². The van der Waals surface area contributed by atoms with Crippen molar-refractivity contribution in [3.63, 3.8) is 0 Å². The summed E-state index contributed by atoms with van der Waals surface area (Å²) in [5, 5.41) is 2.97. The largest absolute Gasteiger partial charge is 0.461 e. The Morgan fingerprint density at radius 3 is 2.71 bits per heavy atom. The minimum Gasteiger partial charge on any atom is -0.461 e. The van der Waals surface area contributed by atoms with Gasteiger partial charge in [0.2, 0.25) is 5.91 Å². The van der Waals surface area contributed by atoms with Crippen LogP contribution in [0, 0.1) is 6.92 Å². The molecule has 0 saturated carbocycles. The van der Waals surface area contributed by atoms with Crippen molar-refractivity contribution in [2.75, 3.05) is 5.32 Å². The molecule has 0 aliphatic rings. The summed E-state index contributed by atoms with van der Waals surface area (Å²) in [6.45, 7) is 4.29. The average molecular weight is 290 g/mol. The molecule has 7 heteroatoms. The molecule has 2 rings (SSSR count). The van der Waals surface area contributed by atoms with E-state index in [0.717, 1.165) is 0 Å². The molecule has 2 aromatic heterocycles. The van der Waals surface area contributed by atoms with E-state index in [9.17, 15) is 14.4 Å². The molecular formula is C14H14N2O5. The van der Waals surface area contributed by atoms with Gasteiger partial charge in [0.15, 0.2) is 5.58 Å². The van der Waals surface area contributed by atoms with E-state index in [4.69, 9.17) is 9.15 Å².